The third kappa shape index (κ3) is 3.00. The molecule has 1 aromatic carbocycles. The molecule has 3 heterocycles. The Bertz CT molecular complexity index is 1030. The fourth-order valence-electron chi connectivity index (χ4n) is 3.34. The average Bonchev–Trinajstić information content (AvgIpc) is 3.28. The normalized spacial score (nSPS) is 26.7. The standard InChI is InChI=1S/C18H19N5O6/c19-15-12-16(21-8-20-15)23(9-22-12)18(14(26)13(25)11(6-24)29-18)17(27)28-7-10-4-2-1-3-5-10/h1-5,8-9,11,13-14,24-26H,6-7H2,(H2,19,20,21)/t11-,13-,14-,18+/m1/s1. The van der Waals surface area contributed by atoms with Gasteiger partial charge in [0.05, 0.1) is 6.61 Å². The van der Waals surface area contributed by atoms with Crippen molar-refractivity contribution in [2.75, 3.05) is 12.3 Å². The van der Waals surface area contributed by atoms with Crippen LogP contribution in [0, 0.1) is 0 Å². The third-order valence-electron chi connectivity index (χ3n) is 4.84. The summed E-state index contributed by atoms with van der Waals surface area (Å²) in [6, 6.07) is 8.92. The number of aliphatic hydroxyl groups is 3. The third-order valence-corrected chi connectivity index (χ3v) is 4.84. The maximum Gasteiger partial charge on any atom is 0.363 e. The van der Waals surface area contributed by atoms with Crippen LogP contribution in [0.5, 0.6) is 0 Å². The van der Waals surface area contributed by atoms with Crippen LogP contribution in [0.4, 0.5) is 5.82 Å². The average molecular weight is 401 g/mol. The smallest absolute Gasteiger partial charge is 0.363 e. The molecule has 0 aliphatic carbocycles. The predicted molar refractivity (Wildman–Crippen MR) is 97.9 cm³/mol. The van der Waals surface area contributed by atoms with E-state index in [1.54, 1.807) is 24.3 Å². The predicted octanol–water partition coefficient (Wildman–Crippen LogP) is -1.08. The van der Waals surface area contributed by atoms with E-state index in [1.807, 2.05) is 6.07 Å². The summed E-state index contributed by atoms with van der Waals surface area (Å²) in [5.41, 5.74) is 4.57. The van der Waals surface area contributed by atoms with Crippen molar-refractivity contribution in [2.24, 2.45) is 0 Å². The molecule has 0 amide bonds. The SMILES string of the molecule is Nc1ncnc2c1ncn2[C@]1(C(=O)OCc2ccccc2)O[C@H](CO)[C@@H](O)[C@H]1O. The van der Waals surface area contributed by atoms with Gasteiger partial charge in [0, 0.05) is 0 Å². The molecule has 4 atom stereocenters. The second kappa shape index (κ2) is 7.37. The Morgan fingerprint density at radius 3 is 2.69 bits per heavy atom. The molecule has 4 rings (SSSR count). The van der Waals surface area contributed by atoms with Gasteiger partial charge in [-0.2, -0.15) is 0 Å². The monoisotopic (exact) mass is 401 g/mol. The molecular weight excluding hydrogens is 382 g/mol. The maximum absolute atomic E-state index is 13.2. The quantitative estimate of drug-likeness (QED) is 0.386. The molecule has 152 valence electrons. The molecule has 29 heavy (non-hydrogen) atoms. The minimum Gasteiger partial charge on any atom is -0.457 e. The van der Waals surface area contributed by atoms with E-state index >= 15 is 0 Å². The van der Waals surface area contributed by atoms with Gasteiger partial charge in [-0.1, -0.05) is 30.3 Å². The zero-order valence-corrected chi connectivity index (χ0v) is 15.1. The lowest BCUT2D eigenvalue weighted by Crippen LogP contribution is -2.52. The Morgan fingerprint density at radius 2 is 2.00 bits per heavy atom. The van der Waals surface area contributed by atoms with Crippen molar-refractivity contribution >= 4 is 23.0 Å². The molecule has 0 unspecified atom stereocenters. The van der Waals surface area contributed by atoms with Crippen LogP contribution in [0.3, 0.4) is 0 Å². The highest BCUT2D eigenvalue weighted by molar-refractivity contribution is 5.85. The number of hydrogen-bond acceptors (Lipinski definition) is 10. The zero-order chi connectivity index (χ0) is 20.6. The van der Waals surface area contributed by atoms with Crippen molar-refractivity contribution in [2.45, 2.75) is 30.6 Å². The van der Waals surface area contributed by atoms with Gasteiger partial charge >= 0.3 is 5.97 Å². The van der Waals surface area contributed by atoms with Gasteiger partial charge in [-0.05, 0) is 5.56 Å². The lowest BCUT2D eigenvalue weighted by Gasteiger charge is -2.31. The highest BCUT2D eigenvalue weighted by atomic mass is 16.6. The molecule has 1 fully saturated rings. The first-order valence-electron chi connectivity index (χ1n) is 8.79. The van der Waals surface area contributed by atoms with E-state index in [1.165, 1.54) is 12.7 Å². The van der Waals surface area contributed by atoms with Crippen molar-refractivity contribution in [3.05, 3.63) is 48.5 Å². The number of imidazole rings is 1. The Balaban J connectivity index is 1.78. The second-order valence-corrected chi connectivity index (χ2v) is 6.58. The van der Waals surface area contributed by atoms with Gasteiger partial charge in [0.2, 0.25) is 0 Å². The van der Waals surface area contributed by atoms with E-state index in [0.717, 1.165) is 4.57 Å². The van der Waals surface area contributed by atoms with Crippen LogP contribution in [-0.4, -0.2) is 65.7 Å². The number of hydrogen-bond donors (Lipinski definition) is 4. The number of benzene rings is 1. The molecule has 3 aromatic rings. The van der Waals surface area contributed by atoms with Crippen LogP contribution in [0.25, 0.3) is 11.2 Å². The molecule has 0 bridgehead atoms. The van der Waals surface area contributed by atoms with Crippen LogP contribution in [0.2, 0.25) is 0 Å². The number of esters is 1. The molecule has 0 spiro atoms. The van der Waals surface area contributed by atoms with Gasteiger partial charge < -0.3 is 30.5 Å². The van der Waals surface area contributed by atoms with E-state index in [4.69, 9.17) is 15.2 Å². The van der Waals surface area contributed by atoms with E-state index in [0.29, 0.717) is 5.56 Å². The van der Waals surface area contributed by atoms with Gasteiger partial charge in [-0.25, -0.2) is 19.7 Å². The minimum atomic E-state index is -2.23. The molecule has 11 nitrogen and oxygen atoms in total. The Labute approximate surface area is 164 Å². The van der Waals surface area contributed by atoms with Crippen molar-refractivity contribution in [1.29, 1.82) is 0 Å². The highest BCUT2D eigenvalue weighted by Gasteiger charge is 2.62. The van der Waals surface area contributed by atoms with E-state index in [9.17, 15) is 20.1 Å². The van der Waals surface area contributed by atoms with E-state index < -0.39 is 36.6 Å². The first kappa shape index (κ1) is 19.2. The first-order chi connectivity index (χ1) is 14.0. The molecular formula is C18H19N5O6. The number of aliphatic hydroxyl groups excluding tert-OH is 3. The van der Waals surface area contributed by atoms with E-state index in [2.05, 4.69) is 15.0 Å². The zero-order valence-electron chi connectivity index (χ0n) is 15.1. The second-order valence-electron chi connectivity index (χ2n) is 6.58. The maximum atomic E-state index is 13.2. The summed E-state index contributed by atoms with van der Waals surface area (Å²) >= 11 is 0. The summed E-state index contributed by atoms with van der Waals surface area (Å²) in [6.07, 6.45) is -2.20. The Kier molecular flexibility index (Phi) is 4.88. The number of rotatable bonds is 5. The molecule has 1 aliphatic heterocycles. The van der Waals surface area contributed by atoms with Gasteiger partial charge in [0.25, 0.3) is 5.72 Å². The summed E-state index contributed by atoms with van der Waals surface area (Å²) in [7, 11) is 0. The lowest BCUT2D eigenvalue weighted by molar-refractivity contribution is -0.201. The number of anilines is 1. The summed E-state index contributed by atoms with van der Waals surface area (Å²) in [5.74, 6) is -0.923. The number of carbonyl (C=O) groups is 1. The van der Waals surface area contributed by atoms with Crippen LogP contribution < -0.4 is 5.73 Å². The van der Waals surface area contributed by atoms with Crippen LogP contribution in [-0.2, 0) is 26.6 Å². The fourth-order valence-corrected chi connectivity index (χ4v) is 3.34. The number of carbonyl (C=O) groups excluding carboxylic acids is 1. The molecule has 2 aromatic heterocycles. The fraction of sp³-hybridized carbons (Fsp3) is 0.333. The molecule has 1 aliphatic rings. The van der Waals surface area contributed by atoms with Crippen molar-refractivity contribution < 1.29 is 29.6 Å². The van der Waals surface area contributed by atoms with Gasteiger partial charge in [0.15, 0.2) is 11.5 Å². The van der Waals surface area contributed by atoms with Crippen molar-refractivity contribution in [1.82, 2.24) is 19.5 Å². The molecule has 1 saturated heterocycles. The summed E-state index contributed by atoms with van der Waals surface area (Å²) < 4.78 is 12.2. The number of nitrogen functional groups attached to an aromatic ring is 1. The van der Waals surface area contributed by atoms with Crippen LogP contribution >= 0.6 is 0 Å². The largest absolute Gasteiger partial charge is 0.457 e. The molecule has 0 radical (unpaired) electrons. The van der Waals surface area contributed by atoms with E-state index in [-0.39, 0.29) is 23.6 Å². The van der Waals surface area contributed by atoms with Crippen molar-refractivity contribution in [3.8, 4) is 0 Å². The first-order valence-corrected chi connectivity index (χ1v) is 8.79. The van der Waals surface area contributed by atoms with Gasteiger partial charge in [-0.15, -0.1) is 0 Å². The van der Waals surface area contributed by atoms with Crippen LogP contribution in [0.1, 0.15) is 5.56 Å². The summed E-state index contributed by atoms with van der Waals surface area (Å²) in [6.45, 7) is -0.725. The number of aromatic nitrogens is 4. The number of nitrogens with two attached hydrogens (primary N) is 1. The summed E-state index contributed by atoms with van der Waals surface area (Å²) in [4.78, 5) is 25.2. The molecule has 5 N–H and O–H groups in total. The van der Waals surface area contributed by atoms with Gasteiger partial charge in [-0.3, -0.25) is 4.57 Å². The van der Waals surface area contributed by atoms with Crippen LogP contribution in [0.15, 0.2) is 43.0 Å². The number of ether oxygens (including phenoxy) is 2. The number of nitrogens with zero attached hydrogens (tertiary/aromatic N) is 4. The molecule has 0 saturated carbocycles. The number of fused-ring (bicyclic) bond motifs is 1. The Morgan fingerprint density at radius 1 is 1.24 bits per heavy atom. The van der Waals surface area contributed by atoms with Gasteiger partial charge in [0.1, 0.15) is 43.1 Å². The lowest BCUT2D eigenvalue weighted by atomic mass is 10.0. The van der Waals surface area contributed by atoms with Crippen molar-refractivity contribution in [3.63, 3.8) is 0 Å². The minimum absolute atomic E-state index is 0.0632. The Hall–Kier alpha value is -3.12. The molecule has 11 heteroatoms. The summed E-state index contributed by atoms with van der Waals surface area (Å²) in [5, 5.41) is 30.6. The topological polar surface area (TPSA) is 166 Å². The highest BCUT2D eigenvalue weighted by Crippen LogP contribution is 2.39.